The number of nitrogens with zero attached hydrogens (tertiary/aromatic N) is 3. The molecule has 0 aromatic heterocycles. The summed E-state index contributed by atoms with van der Waals surface area (Å²) in [7, 11) is 3.92. The number of amides is 2. The van der Waals surface area contributed by atoms with Crippen molar-refractivity contribution in [3.05, 3.63) is 0 Å². The Hall–Kier alpha value is -1.67. The predicted molar refractivity (Wildman–Crippen MR) is 146 cm³/mol. The molecule has 0 radical (unpaired) electrons. The largest absolute Gasteiger partial charge is 0.464 e. The quantitative estimate of drug-likeness (QED) is 0.342. The maximum absolute atomic E-state index is 13.5. The molecule has 2 heterocycles. The summed E-state index contributed by atoms with van der Waals surface area (Å²) in [6, 6.07) is 0.0646. The smallest absolute Gasteiger partial charge is 0.309 e. The number of morpholine rings is 1. The molecule has 2 saturated heterocycles. The second-order valence-corrected chi connectivity index (χ2v) is 12.1. The lowest BCUT2D eigenvalue weighted by atomic mass is 9.70. The molecule has 4 atom stereocenters. The van der Waals surface area contributed by atoms with Crippen LogP contribution in [-0.4, -0.2) is 98.6 Å². The van der Waals surface area contributed by atoms with Gasteiger partial charge in [-0.3, -0.25) is 14.4 Å². The van der Waals surface area contributed by atoms with Crippen LogP contribution in [-0.2, 0) is 23.9 Å². The van der Waals surface area contributed by atoms with Crippen molar-refractivity contribution in [1.82, 2.24) is 14.7 Å². The van der Waals surface area contributed by atoms with E-state index in [1.807, 2.05) is 30.8 Å². The fourth-order valence-corrected chi connectivity index (χ4v) is 6.10. The van der Waals surface area contributed by atoms with Gasteiger partial charge in [0, 0.05) is 44.6 Å². The van der Waals surface area contributed by atoms with Gasteiger partial charge in [-0.15, -0.1) is 0 Å². The van der Waals surface area contributed by atoms with Gasteiger partial charge in [-0.05, 0) is 57.5 Å². The Morgan fingerprint density at radius 2 is 1.76 bits per heavy atom. The van der Waals surface area contributed by atoms with Crippen LogP contribution in [0.3, 0.4) is 0 Å². The Labute approximate surface area is 225 Å². The number of hydrogen-bond donors (Lipinski definition) is 0. The van der Waals surface area contributed by atoms with Crippen LogP contribution >= 0.6 is 0 Å². The maximum Gasteiger partial charge on any atom is 0.309 e. The molecule has 2 fully saturated rings. The van der Waals surface area contributed by atoms with E-state index in [1.165, 1.54) is 0 Å². The van der Waals surface area contributed by atoms with Crippen molar-refractivity contribution in [2.75, 3.05) is 60.1 Å². The third kappa shape index (κ3) is 9.54. The molecular weight excluding hydrogens is 470 g/mol. The number of hydrogen-bond acceptors (Lipinski definition) is 6. The van der Waals surface area contributed by atoms with E-state index < -0.39 is 0 Å². The highest BCUT2D eigenvalue weighted by atomic mass is 16.5. The van der Waals surface area contributed by atoms with Crippen LogP contribution < -0.4 is 0 Å². The second kappa shape index (κ2) is 15.1. The minimum atomic E-state index is -0.340. The summed E-state index contributed by atoms with van der Waals surface area (Å²) in [5.74, 6) is -0.360. The van der Waals surface area contributed by atoms with Crippen molar-refractivity contribution in [3.8, 4) is 0 Å². The van der Waals surface area contributed by atoms with Crippen LogP contribution in [0.15, 0.2) is 0 Å². The molecule has 0 aromatic carbocycles. The molecule has 214 valence electrons. The number of esters is 1. The van der Waals surface area contributed by atoms with E-state index in [9.17, 15) is 14.4 Å². The summed E-state index contributed by atoms with van der Waals surface area (Å²) in [5, 5.41) is 0. The van der Waals surface area contributed by atoms with Crippen molar-refractivity contribution in [2.45, 2.75) is 85.6 Å². The van der Waals surface area contributed by atoms with E-state index in [2.05, 4.69) is 32.6 Å². The molecule has 8 heteroatoms. The number of likely N-dealkylation sites (tertiary alicyclic amines) is 1. The van der Waals surface area contributed by atoms with E-state index >= 15 is 0 Å². The van der Waals surface area contributed by atoms with Gasteiger partial charge in [-0.25, -0.2) is 0 Å². The highest BCUT2D eigenvalue weighted by Crippen LogP contribution is 2.39. The minimum Gasteiger partial charge on any atom is -0.464 e. The zero-order chi connectivity index (χ0) is 27.6. The number of carbonyl (C=O) groups excluding carboxylic acids is 3. The van der Waals surface area contributed by atoms with Crippen molar-refractivity contribution in [2.24, 2.45) is 23.2 Å². The van der Waals surface area contributed by atoms with Gasteiger partial charge < -0.3 is 24.2 Å². The Morgan fingerprint density at radius 3 is 2.38 bits per heavy atom. The van der Waals surface area contributed by atoms with Crippen LogP contribution in [0, 0.1) is 23.2 Å². The minimum absolute atomic E-state index is 0.0246. The Balaban J connectivity index is 2.19. The standard InChI is InChI=1S/C29H53N3O5/c1-8-25(32-13-11-9-10-12-26(32)33)29(4,5)21-24(28(35)37-19-14-30(6)7)22(2)20-23(3)27(34)31-15-17-36-18-16-31/h22-25H,8-21H2,1-7H3. The molecule has 37 heavy (non-hydrogen) atoms. The van der Waals surface area contributed by atoms with E-state index in [-0.39, 0.29) is 47.0 Å². The summed E-state index contributed by atoms with van der Waals surface area (Å²) in [5.41, 5.74) is -0.272. The SMILES string of the molecule is CCC(N1CCCCCC1=O)C(C)(C)CC(C(=O)OCCN(C)C)C(C)CC(C)C(=O)N1CCOCC1. The monoisotopic (exact) mass is 523 g/mol. The highest BCUT2D eigenvalue weighted by Gasteiger charge is 2.41. The Kier molecular flexibility index (Phi) is 12.8. The molecule has 0 N–H and O–H groups in total. The normalized spacial score (nSPS) is 20.8. The van der Waals surface area contributed by atoms with E-state index in [4.69, 9.17) is 9.47 Å². The van der Waals surface area contributed by atoms with E-state index in [0.717, 1.165) is 32.2 Å². The van der Waals surface area contributed by atoms with Gasteiger partial charge >= 0.3 is 5.97 Å². The molecule has 4 unspecified atom stereocenters. The third-order valence-electron chi connectivity index (χ3n) is 8.26. The number of rotatable bonds is 13. The first-order valence-electron chi connectivity index (χ1n) is 14.4. The average molecular weight is 524 g/mol. The van der Waals surface area contributed by atoms with Gasteiger partial charge in [0.2, 0.25) is 11.8 Å². The molecule has 2 aliphatic rings. The van der Waals surface area contributed by atoms with Crippen LogP contribution in [0.1, 0.15) is 79.6 Å². The molecule has 2 amide bonds. The van der Waals surface area contributed by atoms with E-state index in [0.29, 0.717) is 58.7 Å². The van der Waals surface area contributed by atoms with Gasteiger partial charge in [-0.2, -0.15) is 0 Å². The summed E-state index contributed by atoms with van der Waals surface area (Å²) >= 11 is 0. The maximum atomic E-state index is 13.5. The summed E-state index contributed by atoms with van der Waals surface area (Å²) in [4.78, 5) is 45.5. The molecule has 0 aromatic rings. The zero-order valence-corrected chi connectivity index (χ0v) is 24.6. The molecule has 2 rings (SSSR count). The summed E-state index contributed by atoms with van der Waals surface area (Å²) < 4.78 is 11.2. The van der Waals surface area contributed by atoms with Gasteiger partial charge in [0.25, 0.3) is 0 Å². The van der Waals surface area contributed by atoms with Gasteiger partial charge in [-0.1, -0.05) is 41.0 Å². The summed E-state index contributed by atoms with van der Waals surface area (Å²) in [6.07, 6.45) is 5.79. The Bertz CT molecular complexity index is 735. The van der Waals surface area contributed by atoms with Crippen molar-refractivity contribution in [1.29, 1.82) is 0 Å². The lowest BCUT2D eigenvalue weighted by Gasteiger charge is -2.44. The molecule has 0 aliphatic carbocycles. The molecule has 2 aliphatic heterocycles. The Morgan fingerprint density at radius 1 is 1.08 bits per heavy atom. The fourth-order valence-electron chi connectivity index (χ4n) is 6.10. The lowest BCUT2D eigenvalue weighted by molar-refractivity contribution is -0.154. The number of likely N-dealkylation sites (N-methyl/N-ethyl adjacent to an activating group) is 1. The van der Waals surface area contributed by atoms with Crippen molar-refractivity contribution >= 4 is 17.8 Å². The first-order chi connectivity index (χ1) is 17.5. The number of carbonyl (C=O) groups is 3. The van der Waals surface area contributed by atoms with Crippen LogP contribution in [0.2, 0.25) is 0 Å². The second-order valence-electron chi connectivity index (χ2n) is 12.1. The molecule has 0 saturated carbocycles. The third-order valence-corrected chi connectivity index (χ3v) is 8.26. The van der Waals surface area contributed by atoms with Gasteiger partial charge in [0.1, 0.15) is 6.61 Å². The van der Waals surface area contributed by atoms with Gasteiger partial charge in [0.15, 0.2) is 0 Å². The lowest BCUT2D eigenvalue weighted by Crippen LogP contribution is -2.49. The first kappa shape index (κ1) is 31.5. The molecule has 0 bridgehead atoms. The van der Waals surface area contributed by atoms with Crippen LogP contribution in [0.25, 0.3) is 0 Å². The average Bonchev–Trinajstić information content (AvgIpc) is 3.06. The zero-order valence-electron chi connectivity index (χ0n) is 24.6. The molecular formula is C29H53N3O5. The molecule has 8 nitrogen and oxygen atoms in total. The van der Waals surface area contributed by atoms with Gasteiger partial charge in [0.05, 0.1) is 19.1 Å². The summed E-state index contributed by atoms with van der Waals surface area (Å²) in [6.45, 7) is 14.8. The first-order valence-corrected chi connectivity index (χ1v) is 14.4. The van der Waals surface area contributed by atoms with E-state index in [1.54, 1.807) is 0 Å². The van der Waals surface area contributed by atoms with Crippen LogP contribution in [0.5, 0.6) is 0 Å². The van der Waals surface area contributed by atoms with Crippen LogP contribution in [0.4, 0.5) is 0 Å². The highest BCUT2D eigenvalue weighted by molar-refractivity contribution is 5.79. The van der Waals surface area contributed by atoms with Crippen molar-refractivity contribution < 1.29 is 23.9 Å². The predicted octanol–water partition coefficient (Wildman–Crippen LogP) is 3.83. The molecule has 0 spiro atoms. The van der Waals surface area contributed by atoms with Crippen molar-refractivity contribution in [3.63, 3.8) is 0 Å². The number of ether oxygens (including phenoxy) is 2. The topological polar surface area (TPSA) is 79.4 Å². The fraction of sp³-hybridized carbons (Fsp3) is 0.897.